The van der Waals surface area contributed by atoms with Crippen LogP contribution in [0.5, 0.6) is 0 Å². The quantitative estimate of drug-likeness (QED) is 0.818. The third kappa shape index (κ3) is 1.99. The summed E-state index contributed by atoms with van der Waals surface area (Å²) >= 11 is 0. The summed E-state index contributed by atoms with van der Waals surface area (Å²) in [4.78, 5) is 0. The lowest BCUT2D eigenvalue weighted by Crippen LogP contribution is -2.39. The monoisotopic (exact) mass is 254 g/mol. The Labute approximate surface area is 102 Å². The number of hydrogen-bond donors (Lipinski definition) is 1. The first-order chi connectivity index (χ1) is 7.94. The Balaban J connectivity index is 2.53. The fourth-order valence-electron chi connectivity index (χ4n) is 2.14. The Kier molecular flexibility index (Phi) is 3.03. The summed E-state index contributed by atoms with van der Waals surface area (Å²) in [6.07, 6.45) is 1.68. The summed E-state index contributed by atoms with van der Waals surface area (Å²) < 4.78 is 26.0. The van der Waals surface area contributed by atoms with Crippen molar-refractivity contribution in [3.63, 3.8) is 0 Å². The van der Waals surface area contributed by atoms with Crippen LogP contribution in [-0.2, 0) is 16.4 Å². The number of benzene rings is 1. The smallest absolute Gasteiger partial charge is 0.237 e. The van der Waals surface area contributed by atoms with Gasteiger partial charge in [0.15, 0.2) is 0 Å². The van der Waals surface area contributed by atoms with Crippen LogP contribution in [0.2, 0.25) is 0 Å². The molecule has 0 saturated carbocycles. The van der Waals surface area contributed by atoms with Crippen molar-refractivity contribution in [2.75, 3.05) is 16.6 Å². The van der Waals surface area contributed by atoms with Gasteiger partial charge in [0, 0.05) is 12.2 Å². The largest absolute Gasteiger partial charge is 0.398 e. The van der Waals surface area contributed by atoms with Crippen LogP contribution in [0.4, 0.5) is 11.4 Å². The number of sulfonamides is 1. The molecule has 4 nitrogen and oxygen atoms in total. The number of nitrogens with zero attached hydrogens (tertiary/aromatic N) is 1. The van der Waals surface area contributed by atoms with E-state index in [4.69, 9.17) is 5.73 Å². The van der Waals surface area contributed by atoms with Crippen molar-refractivity contribution >= 4 is 21.4 Å². The van der Waals surface area contributed by atoms with E-state index in [-0.39, 0.29) is 0 Å². The van der Waals surface area contributed by atoms with Gasteiger partial charge >= 0.3 is 0 Å². The molecular weight excluding hydrogens is 236 g/mol. The zero-order valence-corrected chi connectivity index (χ0v) is 11.0. The SMILES string of the molecule is CC(C)S(=O)(=O)N1CCCc2c(N)cccc21. The van der Waals surface area contributed by atoms with Crippen LogP contribution in [0.25, 0.3) is 0 Å². The zero-order valence-electron chi connectivity index (χ0n) is 10.2. The highest BCUT2D eigenvalue weighted by atomic mass is 32.2. The molecule has 1 aromatic carbocycles. The normalized spacial score (nSPS) is 16.1. The van der Waals surface area contributed by atoms with E-state index in [9.17, 15) is 8.42 Å². The third-order valence-corrected chi connectivity index (χ3v) is 5.33. The maximum atomic E-state index is 12.2. The minimum atomic E-state index is -3.25. The molecule has 1 aromatic rings. The summed E-state index contributed by atoms with van der Waals surface area (Å²) in [6.45, 7) is 3.96. The third-order valence-electron chi connectivity index (χ3n) is 3.15. The zero-order chi connectivity index (χ0) is 12.6. The van der Waals surface area contributed by atoms with Gasteiger partial charge in [0.2, 0.25) is 10.0 Å². The standard InChI is InChI=1S/C12H18N2O2S/c1-9(2)17(15,16)14-8-4-5-10-11(13)6-3-7-12(10)14/h3,6-7,9H,4-5,8,13H2,1-2H3. The molecule has 0 spiro atoms. The summed E-state index contributed by atoms with van der Waals surface area (Å²) in [5.74, 6) is 0. The summed E-state index contributed by atoms with van der Waals surface area (Å²) in [5.41, 5.74) is 8.30. The van der Waals surface area contributed by atoms with Crippen LogP contribution < -0.4 is 10.0 Å². The van der Waals surface area contributed by atoms with Gasteiger partial charge in [-0.15, -0.1) is 0 Å². The van der Waals surface area contributed by atoms with E-state index in [0.29, 0.717) is 12.2 Å². The molecule has 0 aliphatic carbocycles. The van der Waals surface area contributed by atoms with Crippen LogP contribution in [0.15, 0.2) is 18.2 Å². The predicted molar refractivity (Wildman–Crippen MR) is 70.6 cm³/mol. The highest BCUT2D eigenvalue weighted by molar-refractivity contribution is 7.93. The first kappa shape index (κ1) is 12.2. The van der Waals surface area contributed by atoms with Gasteiger partial charge in [-0.2, -0.15) is 0 Å². The average Bonchev–Trinajstić information content (AvgIpc) is 2.28. The molecule has 1 aliphatic rings. The molecule has 5 heteroatoms. The van der Waals surface area contributed by atoms with E-state index in [1.165, 1.54) is 4.31 Å². The first-order valence-electron chi connectivity index (χ1n) is 5.83. The van der Waals surface area contributed by atoms with Crippen LogP contribution in [0.1, 0.15) is 25.8 Å². The molecule has 0 amide bonds. The van der Waals surface area contributed by atoms with Gasteiger partial charge in [0.25, 0.3) is 0 Å². The Bertz CT molecular complexity index is 523. The van der Waals surface area contributed by atoms with E-state index in [2.05, 4.69) is 0 Å². The molecule has 0 fully saturated rings. The second kappa shape index (κ2) is 4.22. The minimum absolute atomic E-state index is 0.408. The lowest BCUT2D eigenvalue weighted by atomic mass is 10.0. The molecule has 0 unspecified atom stereocenters. The van der Waals surface area contributed by atoms with Crippen molar-refractivity contribution in [2.24, 2.45) is 0 Å². The van der Waals surface area contributed by atoms with E-state index >= 15 is 0 Å². The highest BCUT2D eigenvalue weighted by Gasteiger charge is 2.30. The molecule has 0 saturated heterocycles. The second-order valence-corrected chi connectivity index (χ2v) is 7.03. The molecule has 17 heavy (non-hydrogen) atoms. The van der Waals surface area contributed by atoms with Crippen LogP contribution in [0.3, 0.4) is 0 Å². The number of rotatable bonds is 2. The molecule has 0 bridgehead atoms. The van der Waals surface area contributed by atoms with Crippen molar-refractivity contribution in [1.82, 2.24) is 0 Å². The fraction of sp³-hybridized carbons (Fsp3) is 0.500. The Morgan fingerprint density at radius 1 is 1.35 bits per heavy atom. The Morgan fingerprint density at radius 2 is 2.06 bits per heavy atom. The maximum absolute atomic E-state index is 12.2. The van der Waals surface area contributed by atoms with Crippen molar-refractivity contribution in [1.29, 1.82) is 0 Å². The van der Waals surface area contributed by atoms with Gasteiger partial charge < -0.3 is 5.73 Å². The minimum Gasteiger partial charge on any atom is -0.398 e. The van der Waals surface area contributed by atoms with E-state index in [1.807, 2.05) is 18.2 Å². The number of anilines is 2. The molecule has 2 rings (SSSR count). The fourth-order valence-corrected chi connectivity index (χ4v) is 3.47. The number of fused-ring (bicyclic) bond motifs is 1. The lowest BCUT2D eigenvalue weighted by molar-refractivity contribution is 0.578. The molecule has 0 aromatic heterocycles. The summed E-state index contributed by atoms with van der Waals surface area (Å²) in [5, 5.41) is -0.408. The highest BCUT2D eigenvalue weighted by Crippen LogP contribution is 2.33. The number of hydrogen-bond acceptors (Lipinski definition) is 3. The average molecular weight is 254 g/mol. The molecular formula is C12H18N2O2S. The van der Waals surface area contributed by atoms with Crippen molar-refractivity contribution in [3.05, 3.63) is 23.8 Å². The number of nitrogens with two attached hydrogens (primary N) is 1. The molecule has 0 radical (unpaired) electrons. The van der Waals surface area contributed by atoms with E-state index in [1.54, 1.807) is 13.8 Å². The van der Waals surface area contributed by atoms with Crippen LogP contribution in [0, 0.1) is 0 Å². The molecule has 1 heterocycles. The van der Waals surface area contributed by atoms with Gasteiger partial charge in [-0.1, -0.05) is 6.07 Å². The van der Waals surface area contributed by atoms with Crippen LogP contribution in [-0.4, -0.2) is 20.2 Å². The molecule has 94 valence electrons. The van der Waals surface area contributed by atoms with Gasteiger partial charge in [-0.25, -0.2) is 8.42 Å². The number of nitrogen functional groups attached to an aromatic ring is 1. The van der Waals surface area contributed by atoms with E-state index < -0.39 is 15.3 Å². The molecule has 0 atom stereocenters. The second-order valence-electron chi connectivity index (χ2n) is 4.61. The van der Waals surface area contributed by atoms with E-state index in [0.717, 1.165) is 24.1 Å². The maximum Gasteiger partial charge on any atom is 0.237 e. The van der Waals surface area contributed by atoms with Crippen LogP contribution >= 0.6 is 0 Å². The predicted octanol–water partition coefficient (Wildman–Crippen LogP) is 1.76. The molecule has 2 N–H and O–H groups in total. The van der Waals surface area contributed by atoms with Crippen molar-refractivity contribution in [3.8, 4) is 0 Å². The molecule has 1 aliphatic heterocycles. The topological polar surface area (TPSA) is 63.4 Å². The van der Waals surface area contributed by atoms with Gasteiger partial charge in [-0.3, -0.25) is 4.31 Å². The summed E-state index contributed by atoms with van der Waals surface area (Å²) in [6, 6.07) is 5.47. The van der Waals surface area contributed by atoms with Gasteiger partial charge in [-0.05, 0) is 44.4 Å². The summed E-state index contributed by atoms with van der Waals surface area (Å²) in [7, 11) is -3.25. The van der Waals surface area contributed by atoms with Crippen molar-refractivity contribution < 1.29 is 8.42 Å². The first-order valence-corrected chi connectivity index (χ1v) is 7.34. The van der Waals surface area contributed by atoms with Crippen molar-refractivity contribution in [2.45, 2.75) is 31.9 Å². The van der Waals surface area contributed by atoms with Gasteiger partial charge in [0.05, 0.1) is 10.9 Å². The van der Waals surface area contributed by atoms with Gasteiger partial charge in [0.1, 0.15) is 0 Å². The Morgan fingerprint density at radius 3 is 2.71 bits per heavy atom. The lowest BCUT2D eigenvalue weighted by Gasteiger charge is -2.32. The Hall–Kier alpha value is -1.23.